The van der Waals surface area contributed by atoms with Crippen molar-refractivity contribution in [3.8, 4) is 0 Å². The molecular weight excluding hydrogens is 539 g/mol. The van der Waals surface area contributed by atoms with Gasteiger partial charge in [-0.2, -0.15) is 13.2 Å². The van der Waals surface area contributed by atoms with Gasteiger partial charge in [-0.3, -0.25) is 4.98 Å². The predicted octanol–water partition coefficient (Wildman–Crippen LogP) is 7.42. The summed E-state index contributed by atoms with van der Waals surface area (Å²) < 4.78 is 101. The van der Waals surface area contributed by atoms with Crippen molar-refractivity contribution < 1.29 is 35.5 Å². The van der Waals surface area contributed by atoms with Crippen LogP contribution in [0.15, 0.2) is 66.9 Å². The molecule has 0 radical (unpaired) electrons. The number of pyridine rings is 1. The minimum atomic E-state index is -5.40. The van der Waals surface area contributed by atoms with Crippen molar-refractivity contribution in [3.63, 3.8) is 0 Å². The van der Waals surface area contributed by atoms with Crippen molar-refractivity contribution in [2.24, 2.45) is 0 Å². The lowest BCUT2D eigenvalue weighted by Gasteiger charge is -2.46. The number of carbonyl (C=O) groups excluding carboxylic acids is 1. The number of rotatable bonds is 5. The van der Waals surface area contributed by atoms with Crippen LogP contribution >= 0.6 is 11.6 Å². The van der Waals surface area contributed by atoms with Crippen molar-refractivity contribution >= 4 is 17.6 Å². The number of likely N-dealkylation sites (tertiary alicyclic amines) is 1. The molecule has 1 saturated heterocycles. The van der Waals surface area contributed by atoms with Crippen LogP contribution in [0.2, 0.25) is 5.02 Å². The molecule has 0 saturated carbocycles. The molecule has 0 N–H and O–H groups in total. The maximum Gasteiger partial charge on any atom is 0.489 e. The average Bonchev–Trinajstić information content (AvgIpc) is 3.38. The zero-order valence-corrected chi connectivity index (χ0v) is 20.4. The lowest BCUT2D eigenvalue weighted by molar-refractivity contribution is -0.252. The molecular formula is C26H21ClF7N3O. The van der Waals surface area contributed by atoms with E-state index in [1.165, 1.54) is 30.3 Å². The van der Waals surface area contributed by atoms with Gasteiger partial charge in [-0.25, -0.2) is 14.1 Å². The molecule has 202 valence electrons. The highest BCUT2D eigenvalue weighted by molar-refractivity contribution is 6.30. The Bertz CT molecular complexity index is 1280. The number of urea groups is 1. The zero-order valence-electron chi connectivity index (χ0n) is 19.7. The van der Waals surface area contributed by atoms with Gasteiger partial charge in [0.15, 0.2) is 0 Å². The highest BCUT2D eigenvalue weighted by atomic mass is 35.5. The van der Waals surface area contributed by atoms with Crippen molar-refractivity contribution in [2.45, 2.75) is 37.3 Å². The number of alkyl halides is 6. The van der Waals surface area contributed by atoms with Gasteiger partial charge in [0.05, 0.1) is 16.3 Å². The van der Waals surface area contributed by atoms with Crippen molar-refractivity contribution in [1.29, 1.82) is 0 Å². The maximum atomic E-state index is 15.0. The molecule has 2 heterocycles. The lowest BCUT2D eigenvalue weighted by atomic mass is 9.78. The van der Waals surface area contributed by atoms with E-state index in [1.54, 1.807) is 6.07 Å². The molecule has 1 aliphatic heterocycles. The molecule has 1 aromatic heterocycles. The van der Waals surface area contributed by atoms with Gasteiger partial charge in [0.2, 0.25) is 0 Å². The van der Waals surface area contributed by atoms with Gasteiger partial charge in [0.1, 0.15) is 11.4 Å². The van der Waals surface area contributed by atoms with E-state index in [-0.39, 0.29) is 29.7 Å². The van der Waals surface area contributed by atoms with Crippen LogP contribution in [0.5, 0.6) is 0 Å². The summed E-state index contributed by atoms with van der Waals surface area (Å²) in [5, 5.41) is 0.0435. The van der Waals surface area contributed by atoms with Crippen LogP contribution in [-0.4, -0.2) is 40.2 Å². The average molecular weight is 560 g/mol. The summed E-state index contributed by atoms with van der Waals surface area (Å²) in [4.78, 5) is 18.2. The maximum absolute atomic E-state index is 15.0. The van der Waals surface area contributed by atoms with Crippen LogP contribution in [0.1, 0.15) is 35.2 Å². The Labute approximate surface area is 218 Å². The van der Waals surface area contributed by atoms with Crippen molar-refractivity contribution in [3.05, 3.63) is 100 Å². The molecule has 2 amide bonds. The van der Waals surface area contributed by atoms with Gasteiger partial charge in [0, 0.05) is 25.7 Å². The van der Waals surface area contributed by atoms with E-state index in [2.05, 4.69) is 4.98 Å². The predicted molar refractivity (Wildman–Crippen MR) is 126 cm³/mol. The third-order valence-corrected chi connectivity index (χ3v) is 6.58. The number of hydrogen-bond acceptors (Lipinski definition) is 2. The Hall–Kier alpha value is -3.34. The lowest BCUT2D eigenvalue weighted by Crippen LogP contribution is -2.61. The number of hydrogen-bond donors (Lipinski definition) is 0. The fraction of sp³-hybridized carbons (Fsp3) is 0.308. The van der Waals surface area contributed by atoms with E-state index >= 15 is 13.2 Å². The van der Waals surface area contributed by atoms with Gasteiger partial charge in [-0.05, 0) is 54.3 Å². The molecule has 12 heteroatoms. The number of benzene rings is 2. The summed E-state index contributed by atoms with van der Waals surface area (Å²) in [6.07, 6.45) is -9.20. The molecule has 1 atom stereocenters. The van der Waals surface area contributed by atoms with Gasteiger partial charge in [-0.15, -0.1) is 13.2 Å². The molecule has 0 unspecified atom stereocenters. The molecule has 0 aliphatic carbocycles. The van der Waals surface area contributed by atoms with E-state index in [1.807, 2.05) is 0 Å². The first-order valence-corrected chi connectivity index (χ1v) is 11.9. The molecule has 38 heavy (non-hydrogen) atoms. The van der Waals surface area contributed by atoms with E-state index in [0.29, 0.717) is 25.0 Å². The SMILES string of the molecule is O=C(N1CCCC1)N(C(F)(F)F)[C@@](Cc1ccccc1)(c1cc(F)cc(C(F)(F)F)c1)c1ccc(Cl)cn1. The van der Waals surface area contributed by atoms with Crippen LogP contribution < -0.4 is 0 Å². The first-order valence-electron chi connectivity index (χ1n) is 11.5. The Kier molecular flexibility index (Phi) is 7.60. The van der Waals surface area contributed by atoms with Crippen LogP contribution in [-0.2, 0) is 18.1 Å². The fourth-order valence-electron chi connectivity index (χ4n) is 4.71. The first kappa shape index (κ1) is 27.7. The second kappa shape index (κ2) is 10.4. The molecule has 2 aromatic carbocycles. The highest BCUT2D eigenvalue weighted by Crippen LogP contribution is 2.46. The molecule has 4 rings (SSSR count). The van der Waals surface area contributed by atoms with Crippen molar-refractivity contribution in [2.75, 3.05) is 13.1 Å². The minimum absolute atomic E-state index is 0.0256. The quantitative estimate of drug-likeness (QED) is 0.241. The summed E-state index contributed by atoms with van der Waals surface area (Å²) in [7, 11) is 0. The van der Waals surface area contributed by atoms with E-state index in [4.69, 9.17) is 11.6 Å². The standard InChI is InChI=1S/C26H21ClF7N3O/c27-20-8-9-22(35-16-20)24(15-17-6-2-1-3-7-17,18-12-19(25(29,30)31)14-21(28)13-18)37(26(32,33)34)23(38)36-10-4-5-11-36/h1-3,6-9,12-14,16H,4-5,10-11,15H2/t24-/m0/s1. The summed E-state index contributed by atoms with van der Waals surface area (Å²) in [6.45, 7) is 0.0512. The topological polar surface area (TPSA) is 36.4 Å². The number of aromatic nitrogens is 1. The molecule has 0 spiro atoms. The Morgan fingerprint density at radius 1 is 0.921 bits per heavy atom. The number of halogens is 8. The number of nitrogens with zero attached hydrogens (tertiary/aromatic N) is 3. The van der Waals surface area contributed by atoms with E-state index < -0.39 is 58.0 Å². The third kappa shape index (κ3) is 5.57. The second-order valence-corrected chi connectivity index (χ2v) is 9.33. The van der Waals surface area contributed by atoms with Gasteiger partial charge >= 0.3 is 18.5 Å². The van der Waals surface area contributed by atoms with Crippen LogP contribution in [0.4, 0.5) is 35.5 Å². The molecule has 0 bridgehead atoms. The van der Waals surface area contributed by atoms with Crippen LogP contribution in [0.25, 0.3) is 0 Å². The van der Waals surface area contributed by atoms with Gasteiger partial charge in [0.25, 0.3) is 0 Å². The largest absolute Gasteiger partial charge is 0.489 e. The monoisotopic (exact) mass is 559 g/mol. The number of carbonyl (C=O) groups is 1. The van der Waals surface area contributed by atoms with Gasteiger partial charge in [-0.1, -0.05) is 41.9 Å². The third-order valence-electron chi connectivity index (χ3n) is 6.36. The van der Waals surface area contributed by atoms with Crippen LogP contribution in [0.3, 0.4) is 0 Å². The Balaban J connectivity index is 2.11. The highest BCUT2D eigenvalue weighted by Gasteiger charge is 2.58. The minimum Gasteiger partial charge on any atom is -0.324 e. The molecule has 1 fully saturated rings. The molecule has 3 aromatic rings. The first-order chi connectivity index (χ1) is 17.8. The summed E-state index contributed by atoms with van der Waals surface area (Å²) in [5.41, 5.74) is -5.17. The van der Waals surface area contributed by atoms with Crippen molar-refractivity contribution in [1.82, 2.24) is 14.8 Å². The smallest absolute Gasteiger partial charge is 0.324 e. The second-order valence-electron chi connectivity index (χ2n) is 8.89. The number of amides is 2. The normalized spacial score (nSPS) is 15.8. The summed E-state index contributed by atoms with van der Waals surface area (Å²) in [6, 6.07) is 9.61. The Morgan fingerprint density at radius 2 is 1.55 bits per heavy atom. The summed E-state index contributed by atoms with van der Waals surface area (Å²) >= 11 is 5.93. The molecule has 1 aliphatic rings. The van der Waals surface area contributed by atoms with Gasteiger partial charge < -0.3 is 4.90 Å². The fourth-order valence-corrected chi connectivity index (χ4v) is 4.82. The van der Waals surface area contributed by atoms with E-state index in [0.717, 1.165) is 17.2 Å². The van der Waals surface area contributed by atoms with E-state index in [9.17, 15) is 22.4 Å². The molecule has 4 nitrogen and oxygen atoms in total. The zero-order chi connectivity index (χ0) is 27.7. The van der Waals surface area contributed by atoms with Crippen LogP contribution in [0, 0.1) is 5.82 Å². The Morgan fingerprint density at radius 3 is 2.11 bits per heavy atom. The summed E-state index contributed by atoms with van der Waals surface area (Å²) in [5.74, 6) is -1.42.